The molecule has 1 unspecified atom stereocenters. The first-order valence-corrected chi connectivity index (χ1v) is 11.1. The lowest BCUT2D eigenvalue weighted by Gasteiger charge is -2.34. The number of imidazole rings is 1. The highest BCUT2D eigenvalue weighted by molar-refractivity contribution is 7.48. The van der Waals surface area contributed by atoms with Crippen molar-refractivity contribution >= 4 is 24.9 Å². The van der Waals surface area contributed by atoms with E-state index in [1.54, 1.807) is 13.8 Å². The SMILES string of the molecule is CC(C)Oc1nc(N)nc2c1ncn2[C@@H]1O[C@@H]2COP(=O)(OC(C)C)O[C@H]2[C@@]1(C)F. The van der Waals surface area contributed by atoms with Crippen LogP contribution >= 0.6 is 7.82 Å². The van der Waals surface area contributed by atoms with Gasteiger partial charge in [-0.2, -0.15) is 9.97 Å². The van der Waals surface area contributed by atoms with Crippen LogP contribution in [-0.4, -0.2) is 56.2 Å². The van der Waals surface area contributed by atoms with Gasteiger partial charge in [0.25, 0.3) is 0 Å². The number of rotatable bonds is 5. The molecular formula is C17H25FN5O6P. The van der Waals surface area contributed by atoms with Gasteiger partial charge in [-0.15, -0.1) is 0 Å². The van der Waals surface area contributed by atoms with E-state index in [9.17, 15) is 4.57 Å². The normalized spacial score (nSPS) is 34.1. The standard InChI is InChI=1S/C17H25FN5O6P/c1-8(2)26-14-11-13(21-16(19)22-14)23(7-20-11)15-17(5,18)12-10(27-15)6-25-30(24,29-12)28-9(3)4/h7-10,12,15H,6H2,1-5H3,(H2,19,21,22)/t10-,12-,15-,17-,30?/m1/s1. The number of anilines is 1. The van der Waals surface area contributed by atoms with Crippen LogP contribution in [0.3, 0.4) is 0 Å². The number of aromatic nitrogens is 4. The molecular weight excluding hydrogens is 420 g/mol. The number of alkyl halides is 1. The Kier molecular flexibility index (Phi) is 5.26. The summed E-state index contributed by atoms with van der Waals surface area (Å²) in [6, 6.07) is 0. The van der Waals surface area contributed by atoms with Gasteiger partial charge < -0.3 is 15.2 Å². The van der Waals surface area contributed by atoms with E-state index in [1.807, 2.05) is 13.8 Å². The van der Waals surface area contributed by atoms with Crippen LogP contribution in [0, 0.1) is 0 Å². The maximum atomic E-state index is 16.0. The van der Waals surface area contributed by atoms with Gasteiger partial charge in [0.1, 0.15) is 12.2 Å². The van der Waals surface area contributed by atoms with Crippen LogP contribution in [0.1, 0.15) is 40.8 Å². The molecule has 0 aliphatic carbocycles. The first-order valence-electron chi connectivity index (χ1n) is 9.62. The number of hydrogen-bond acceptors (Lipinski definition) is 10. The molecule has 2 N–H and O–H groups in total. The van der Waals surface area contributed by atoms with Gasteiger partial charge in [0, 0.05) is 0 Å². The Bertz CT molecular complexity index is 998. The number of phosphoric acid groups is 1. The molecule has 2 fully saturated rings. The number of nitrogens with zero attached hydrogens (tertiary/aromatic N) is 4. The van der Waals surface area contributed by atoms with Crippen molar-refractivity contribution in [2.24, 2.45) is 0 Å². The zero-order valence-corrected chi connectivity index (χ0v) is 18.2. The minimum absolute atomic E-state index is 0.0507. The second-order valence-corrected chi connectivity index (χ2v) is 9.55. The second kappa shape index (κ2) is 7.38. The lowest BCUT2D eigenvalue weighted by Crippen LogP contribution is -2.45. The Balaban J connectivity index is 1.70. The Morgan fingerprint density at radius 3 is 2.73 bits per heavy atom. The number of phosphoric ester groups is 1. The zero-order chi connectivity index (χ0) is 21.8. The summed E-state index contributed by atoms with van der Waals surface area (Å²) in [5.74, 6) is 0.141. The van der Waals surface area contributed by atoms with E-state index in [0.717, 1.165) is 0 Å². The summed E-state index contributed by atoms with van der Waals surface area (Å²) in [6.45, 7) is 8.18. The highest BCUT2D eigenvalue weighted by atomic mass is 31.2. The lowest BCUT2D eigenvalue weighted by atomic mass is 9.98. The second-order valence-electron chi connectivity index (χ2n) is 7.98. The third-order valence-corrected chi connectivity index (χ3v) is 6.30. The summed E-state index contributed by atoms with van der Waals surface area (Å²) < 4.78 is 57.6. The summed E-state index contributed by atoms with van der Waals surface area (Å²) in [4.78, 5) is 12.5. The molecule has 2 aromatic rings. The van der Waals surface area contributed by atoms with Crippen molar-refractivity contribution < 1.29 is 32.0 Å². The maximum Gasteiger partial charge on any atom is 0.475 e. The van der Waals surface area contributed by atoms with Gasteiger partial charge >= 0.3 is 7.82 Å². The van der Waals surface area contributed by atoms with Gasteiger partial charge in [0.2, 0.25) is 11.8 Å². The smallest absolute Gasteiger partial charge is 0.473 e. The molecule has 13 heteroatoms. The largest absolute Gasteiger partial charge is 0.475 e. The quantitative estimate of drug-likeness (QED) is 0.685. The fraction of sp³-hybridized carbons (Fsp3) is 0.706. The van der Waals surface area contributed by atoms with Crippen molar-refractivity contribution in [1.82, 2.24) is 19.5 Å². The van der Waals surface area contributed by atoms with Crippen molar-refractivity contribution in [3.63, 3.8) is 0 Å². The van der Waals surface area contributed by atoms with E-state index in [1.165, 1.54) is 17.8 Å². The van der Waals surface area contributed by atoms with Crippen molar-refractivity contribution in [2.75, 3.05) is 12.3 Å². The molecule has 0 saturated carbocycles. The van der Waals surface area contributed by atoms with E-state index >= 15 is 4.39 Å². The van der Waals surface area contributed by atoms with Crippen LogP contribution in [0.25, 0.3) is 11.2 Å². The summed E-state index contributed by atoms with van der Waals surface area (Å²) >= 11 is 0. The van der Waals surface area contributed by atoms with Gasteiger partial charge in [-0.05, 0) is 34.6 Å². The van der Waals surface area contributed by atoms with Gasteiger partial charge in [0.05, 0.1) is 25.1 Å². The van der Waals surface area contributed by atoms with E-state index < -0.39 is 38.0 Å². The average Bonchev–Trinajstić information content (AvgIpc) is 3.12. The number of fused-ring (bicyclic) bond motifs is 2. The molecule has 2 aliphatic rings. The van der Waals surface area contributed by atoms with Crippen LogP contribution in [0.5, 0.6) is 5.88 Å². The lowest BCUT2D eigenvalue weighted by molar-refractivity contribution is -0.0733. The van der Waals surface area contributed by atoms with Crippen molar-refractivity contribution in [2.45, 2.75) is 70.9 Å². The summed E-state index contributed by atoms with van der Waals surface area (Å²) in [6.07, 6.45) is -2.39. The molecule has 166 valence electrons. The minimum Gasteiger partial charge on any atom is -0.473 e. The molecule has 0 radical (unpaired) electrons. The molecule has 11 nitrogen and oxygen atoms in total. The molecule has 5 atom stereocenters. The molecule has 4 heterocycles. The third-order valence-electron chi connectivity index (χ3n) is 4.67. The zero-order valence-electron chi connectivity index (χ0n) is 17.3. The van der Waals surface area contributed by atoms with Crippen LogP contribution in [0.2, 0.25) is 0 Å². The van der Waals surface area contributed by atoms with Gasteiger partial charge in [0.15, 0.2) is 23.1 Å². The van der Waals surface area contributed by atoms with Gasteiger partial charge in [-0.3, -0.25) is 18.1 Å². The molecule has 2 aromatic heterocycles. The number of ether oxygens (including phenoxy) is 2. The van der Waals surface area contributed by atoms with E-state index in [0.29, 0.717) is 5.52 Å². The van der Waals surface area contributed by atoms with Crippen molar-refractivity contribution in [3.8, 4) is 5.88 Å². The summed E-state index contributed by atoms with van der Waals surface area (Å²) in [5.41, 5.74) is 4.28. The Morgan fingerprint density at radius 1 is 1.33 bits per heavy atom. The summed E-state index contributed by atoms with van der Waals surface area (Å²) in [5, 5.41) is 0. The Labute approximate surface area is 172 Å². The fourth-order valence-electron chi connectivity index (χ4n) is 3.54. The number of nitrogen functional groups attached to an aromatic ring is 1. The first kappa shape index (κ1) is 21.4. The van der Waals surface area contributed by atoms with Crippen LogP contribution in [-0.2, 0) is 22.9 Å². The molecule has 0 amide bonds. The van der Waals surface area contributed by atoms with Crippen LogP contribution < -0.4 is 10.5 Å². The van der Waals surface area contributed by atoms with Crippen molar-refractivity contribution in [3.05, 3.63) is 6.33 Å². The van der Waals surface area contributed by atoms with Gasteiger partial charge in [-0.1, -0.05) is 0 Å². The average molecular weight is 445 g/mol. The van der Waals surface area contributed by atoms with E-state index in [4.69, 9.17) is 28.8 Å². The predicted molar refractivity (Wildman–Crippen MR) is 104 cm³/mol. The minimum atomic E-state index is -3.91. The highest BCUT2D eigenvalue weighted by Crippen LogP contribution is 2.60. The van der Waals surface area contributed by atoms with Crippen molar-refractivity contribution in [1.29, 1.82) is 0 Å². The molecule has 2 aliphatic heterocycles. The first-order chi connectivity index (χ1) is 14.0. The topological polar surface area (TPSA) is 133 Å². The van der Waals surface area contributed by atoms with Gasteiger partial charge in [-0.25, -0.2) is 13.9 Å². The molecule has 30 heavy (non-hydrogen) atoms. The number of nitrogens with two attached hydrogens (primary N) is 1. The van der Waals surface area contributed by atoms with Crippen LogP contribution in [0.4, 0.5) is 10.3 Å². The molecule has 0 spiro atoms. The third kappa shape index (κ3) is 3.67. The van der Waals surface area contributed by atoms with Crippen LogP contribution in [0.15, 0.2) is 6.33 Å². The Hall–Kier alpha value is -1.85. The number of halogens is 1. The maximum absolute atomic E-state index is 16.0. The van der Waals surface area contributed by atoms with E-state index in [-0.39, 0.29) is 30.2 Å². The molecule has 4 rings (SSSR count). The monoisotopic (exact) mass is 445 g/mol. The summed E-state index contributed by atoms with van der Waals surface area (Å²) in [7, 11) is -3.91. The Morgan fingerprint density at radius 2 is 2.07 bits per heavy atom. The molecule has 0 bridgehead atoms. The highest BCUT2D eigenvalue weighted by Gasteiger charge is 2.61. The van der Waals surface area contributed by atoms with E-state index in [2.05, 4.69) is 15.0 Å². The fourth-order valence-corrected chi connectivity index (χ4v) is 5.18. The number of hydrogen-bond donors (Lipinski definition) is 1. The predicted octanol–water partition coefficient (Wildman–Crippen LogP) is 2.77. The molecule has 0 aromatic carbocycles. The molecule has 2 saturated heterocycles.